The number of ether oxygens (including phenoxy) is 1. The summed E-state index contributed by atoms with van der Waals surface area (Å²) in [5.41, 5.74) is 7.08. The first-order valence-electron chi connectivity index (χ1n) is 6.53. The number of benzene rings is 2. The fourth-order valence-corrected chi connectivity index (χ4v) is 2.29. The average molecular weight is 410 g/mol. The van der Waals surface area contributed by atoms with Crippen LogP contribution in [0.5, 0.6) is 0 Å². The van der Waals surface area contributed by atoms with Crippen LogP contribution in [0.4, 0.5) is 11.4 Å². The maximum Gasteiger partial charge on any atom is 0.340 e. The van der Waals surface area contributed by atoms with Crippen molar-refractivity contribution in [3.63, 3.8) is 0 Å². The number of amides is 1. The second-order valence-electron chi connectivity index (χ2n) is 4.60. The molecule has 2 rings (SSSR count). The van der Waals surface area contributed by atoms with Crippen molar-refractivity contribution in [1.29, 1.82) is 0 Å². The second kappa shape index (κ2) is 7.26. The monoisotopic (exact) mass is 410 g/mol. The summed E-state index contributed by atoms with van der Waals surface area (Å²) in [5, 5.41) is 0. The molecule has 114 valence electrons. The summed E-state index contributed by atoms with van der Waals surface area (Å²) in [4.78, 5) is 25.5. The van der Waals surface area contributed by atoms with Crippen LogP contribution in [0.1, 0.15) is 10.4 Å². The van der Waals surface area contributed by atoms with Crippen LogP contribution in [-0.4, -0.2) is 25.5 Å². The minimum atomic E-state index is -0.606. The Hall–Kier alpha value is -2.09. The van der Waals surface area contributed by atoms with Crippen LogP contribution in [0.25, 0.3) is 0 Å². The normalized spacial score (nSPS) is 10.1. The van der Waals surface area contributed by atoms with Crippen molar-refractivity contribution in [3.8, 4) is 0 Å². The van der Waals surface area contributed by atoms with Crippen molar-refractivity contribution in [1.82, 2.24) is 0 Å². The number of para-hydroxylation sites is 1. The summed E-state index contributed by atoms with van der Waals surface area (Å²) in [7, 11) is 1.63. The number of likely N-dealkylation sites (N-methyl/N-ethyl adjacent to an activating group) is 1. The van der Waals surface area contributed by atoms with Crippen LogP contribution in [0.3, 0.4) is 0 Å². The highest BCUT2D eigenvalue weighted by Gasteiger charge is 2.16. The summed E-state index contributed by atoms with van der Waals surface area (Å²) >= 11 is 2.08. The molecule has 0 aliphatic heterocycles. The van der Waals surface area contributed by atoms with Gasteiger partial charge in [0, 0.05) is 22.0 Å². The number of rotatable bonds is 4. The van der Waals surface area contributed by atoms with Gasteiger partial charge < -0.3 is 15.4 Å². The first-order valence-corrected chi connectivity index (χ1v) is 7.60. The van der Waals surface area contributed by atoms with Gasteiger partial charge in [0.05, 0.1) is 5.56 Å². The third kappa shape index (κ3) is 3.97. The van der Waals surface area contributed by atoms with Gasteiger partial charge in [0.1, 0.15) is 0 Å². The molecule has 0 radical (unpaired) electrons. The molecule has 22 heavy (non-hydrogen) atoms. The van der Waals surface area contributed by atoms with Crippen LogP contribution in [0.15, 0.2) is 48.5 Å². The largest absolute Gasteiger partial charge is 0.452 e. The molecule has 0 bridgehead atoms. The SMILES string of the molecule is CN(C(=O)COC(=O)c1cc(I)ccc1N)c1ccccc1. The first kappa shape index (κ1) is 16.3. The van der Waals surface area contributed by atoms with E-state index < -0.39 is 5.97 Å². The van der Waals surface area contributed by atoms with Gasteiger partial charge in [-0.25, -0.2) is 4.79 Å². The lowest BCUT2D eigenvalue weighted by Crippen LogP contribution is -2.31. The van der Waals surface area contributed by atoms with Gasteiger partial charge in [-0.15, -0.1) is 0 Å². The molecular formula is C16H15IN2O3. The highest BCUT2D eigenvalue weighted by atomic mass is 127. The molecule has 2 aromatic rings. The summed E-state index contributed by atoms with van der Waals surface area (Å²) in [6.07, 6.45) is 0. The van der Waals surface area contributed by atoms with Crippen LogP contribution >= 0.6 is 22.6 Å². The van der Waals surface area contributed by atoms with E-state index >= 15 is 0 Å². The van der Waals surface area contributed by atoms with Crippen LogP contribution in [-0.2, 0) is 9.53 Å². The highest BCUT2D eigenvalue weighted by Crippen LogP contribution is 2.17. The van der Waals surface area contributed by atoms with Crippen molar-refractivity contribution in [2.75, 3.05) is 24.3 Å². The molecule has 2 N–H and O–H groups in total. The lowest BCUT2D eigenvalue weighted by Gasteiger charge is -2.17. The van der Waals surface area contributed by atoms with E-state index in [0.29, 0.717) is 5.69 Å². The van der Waals surface area contributed by atoms with Gasteiger partial charge in [0.2, 0.25) is 0 Å². The molecule has 6 heteroatoms. The Kier molecular flexibility index (Phi) is 5.37. The molecule has 0 unspecified atom stereocenters. The van der Waals surface area contributed by atoms with Gasteiger partial charge in [0.25, 0.3) is 5.91 Å². The van der Waals surface area contributed by atoms with E-state index in [1.807, 2.05) is 18.2 Å². The summed E-state index contributed by atoms with van der Waals surface area (Å²) in [5.74, 6) is -0.922. The third-order valence-corrected chi connectivity index (χ3v) is 3.75. The lowest BCUT2D eigenvalue weighted by atomic mass is 10.2. The van der Waals surface area contributed by atoms with Gasteiger partial charge in [-0.1, -0.05) is 18.2 Å². The van der Waals surface area contributed by atoms with E-state index in [2.05, 4.69) is 22.6 Å². The third-order valence-electron chi connectivity index (χ3n) is 3.08. The number of anilines is 2. The van der Waals surface area contributed by atoms with Crippen molar-refractivity contribution in [3.05, 3.63) is 57.7 Å². The Morgan fingerprint density at radius 1 is 1.18 bits per heavy atom. The standard InChI is InChI=1S/C16H15IN2O3/c1-19(12-5-3-2-4-6-12)15(20)10-22-16(21)13-9-11(17)7-8-14(13)18/h2-9H,10,18H2,1H3. The van der Waals surface area contributed by atoms with Crippen LogP contribution < -0.4 is 10.6 Å². The number of nitrogens with zero attached hydrogens (tertiary/aromatic N) is 1. The van der Waals surface area contributed by atoms with Crippen LogP contribution in [0, 0.1) is 3.57 Å². The summed E-state index contributed by atoms with van der Waals surface area (Å²) in [6, 6.07) is 14.2. The molecule has 1 amide bonds. The average Bonchev–Trinajstić information content (AvgIpc) is 2.54. The number of nitrogen functional groups attached to an aromatic ring is 1. The van der Waals surface area contributed by atoms with Gasteiger partial charge in [-0.05, 0) is 52.9 Å². The lowest BCUT2D eigenvalue weighted by molar-refractivity contribution is -0.121. The number of carbonyl (C=O) groups excluding carboxylic acids is 2. The first-order chi connectivity index (χ1) is 10.5. The number of esters is 1. The molecule has 0 aliphatic carbocycles. The second-order valence-corrected chi connectivity index (χ2v) is 5.84. The van der Waals surface area contributed by atoms with Crippen molar-refractivity contribution < 1.29 is 14.3 Å². The predicted octanol–water partition coefficient (Wildman–Crippen LogP) is 2.69. The van der Waals surface area contributed by atoms with Crippen molar-refractivity contribution in [2.24, 2.45) is 0 Å². The fourth-order valence-electron chi connectivity index (χ4n) is 1.80. The van der Waals surface area contributed by atoms with Gasteiger partial charge in [-0.2, -0.15) is 0 Å². The molecule has 5 nitrogen and oxygen atoms in total. The topological polar surface area (TPSA) is 72.6 Å². The Morgan fingerprint density at radius 2 is 1.86 bits per heavy atom. The number of nitrogens with two attached hydrogens (primary N) is 1. The minimum absolute atomic E-state index is 0.266. The van der Waals surface area contributed by atoms with Gasteiger partial charge in [0.15, 0.2) is 6.61 Å². The van der Waals surface area contributed by atoms with E-state index in [-0.39, 0.29) is 18.1 Å². The van der Waals surface area contributed by atoms with E-state index in [4.69, 9.17) is 10.5 Å². The Balaban J connectivity index is 1.99. The maximum absolute atomic E-state index is 12.0. The van der Waals surface area contributed by atoms with E-state index in [1.54, 1.807) is 37.4 Å². The minimum Gasteiger partial charge on any atom is -0.452 e. The Labute approximate surface area is 142 Å². The van der Waals surface area contributed by atoms with E-state index in [1.165, 1.54) is 4.90 Å². The molecule has 0 saturated carbocycles. The van der Waals surface area contributed by atoms with Crippen molar-refractivity contribution >= 4 is 45.8 Å². The zero-order valence-electron chi connectivity index (χ0n) is 12.0. The number of halogens is 1. The number of carbonyl (C=O) groups is 2. The fraction of sp³-hybridized carbons (Fsp3) is 0.125. The molecule has 0 atom stereocenters. The smallest absolute Gasteiger partial charge is 0.340 e. The van der Waals surface area contributed by atoms with Crippen molar-refractivity contribution in [2.45, 2.75) is 0 Å². The number of hydrogen-bond acceptors (Lipinski definition) is 4. The van der Waals surface area contributed by atoms with Gasteiger partial charge in [-0.3, -0.25) is 4.79 Å². The van der Waals surface area contributed by atoms with Gasteiger partial charge >= 0.3 is 5.97 Å². The molecule has 0 heterocycles. The van der Waals surface area contributed by atoms with Crippen LogP contribution in [0.2, 0.25) is 0 Å². The molecule has 0 aliphatic rings. The number of hydrogen-bond donors (Lipinski definition) is 1. The van der Waals surface area contributed by atoms with E-state index in [9.17, 15) is 9.59 Å². The molecule has 0 spiro atoms. The zero-order valence-corrected chi connectivity index (χ0v) is 14.1. The highest BCUT2D eigenvalue weighted by molar-refractivity contribution is 14.1. The summed E-state index contributed by atoms with van der Waals surface area (Å²) < 4.78 is 5.92. The predicted molar refractivity (Wildman–Crippen MR) is 93.7 cm³/mol. The Bertz CT molecular complexity index is 689. The molecule has 0 fully saturated rings. The molecule has 2 aromatic carbocycles. The molecule has 0 saturated heterocycles. The zero-order chi connectivity index (χ0) is 16.1. The molecular weight excluding hydrogens is 395 g/mol. The quantitative estimate of drug-likeness (QED) is 0.478. The Morgan fingerprint density at radius 3 is 2.55 bits per heavy atom. The summed E-state index contributed by atoms with van der Waals surface area (Å²) in [6.45, 7) is -0.338. The molecule has 0 aromatic heterocycles. The maximum atomic E-state index is 12.0. The van der Waals surface area contributed by atoms with E-state index in [0.717, 1.165) is 9.26 Å².